The Morgan fingerprint density at radius 1 is 1.35 bits per heavy atom. The predicted molar refractivity (Wildman–Crippen MR) is 94.7 cm³/mol. The summed E-state index contributed by atoms with van der Waals surface area (Å²) in [5, 5.41) is 16.1. The summed E-state index contributed by atoms with van der Waals surface area (Å²) in [7, 11) is 1.32. The molecule has 0 saturated carbocycles. The maximum atomic E-state index is 12.7. The maximum absolute atomic E-state index is 12.7. The van der Waals surface area contributed by atoms with Gasteiger partial charge in [0.05, 0.1) is 25.6 Å². The summed E-state index contributed by atoms with van der Waals surface area (Å²) < 4.78 is 6.24. The highest BCUT2D eigenvalue weighted by molar-refractivity contribution is 7.17. The average molecular weight is 377 g/mol. The fourth-order valence-corrected chi connectivity index (χ4v) is 4.32. The summed E-state index contributed by atoms with van der Waals surface area (Å²) in [6.07, 6.45) is 5.05. The molecule has 0 unspecified atom stereocenters. The van der Waals surface area contributed by atoms with Crippen LogP contribution < -0.4 is 5.32 Å². The fourth-order valence-electron chi connectivity index (χ4n) is 3.04. The van der Waals surface area contributed by atoms with Crippen molar-refractivity contribution in [3.05, 3.63) is 34.0 Å². The smallest absolute Gasteiger partial charge is 0.341 e. The van der Waals surface area contributed by atoms with Crippen LogP contribution in [0, 0.1) is 0 Å². The Labute approximate surface area is 153 Å². The Morgan fingerprint density at radius 3 is 2.85 bits per heavy atom. The number of carbonyl (C=O) groups excluding carboxylic acids is 2. The van der Waals surface area contributed by atoms with Gasteiger partial charge in [-0.2, -0.15) is 5.10 Å². The number of nitrogens with zero attached hydrogens (tertiary/aromatic N) is 2. The van der Waals surface area contributed by atoms with E-state index in [4.69, 9.17) is 9.84 Å². The van der Waals surface area contributed by atoms with E-state index in [2.05, 4.69) is 10.4 Å². The van der Waals surface area contributed by atoms with Gasteiger partial charge in [0, 0.05) is 11.1 Å². The predicted octanol–water partition coefficient (Wildman–Crippen LogP) is 2.34. The molecule has 0 aromatic carbocycles. The molecule has 0 atom stereocenters. The zero-order chi connectivity index (χ0) is 18.7. The van der Waals surface area contributed by atoms with Crippen molar-refractivity contribution in [2.45, 2.75) is 38.6 Å². The Hall–Kier alpha value is -2.68. The molecule has 2 heterocycles. The minimum absolute atomic E-state index is 0.0931. The molecule has 138 valence electrons. The Kier molecular flexibility index (Phi) is 5.36. The van der Waals surface area contributed by atoms with Crippen LogP contribution in [0.2, 0.25) is 0 Å². The molecule has 26 heavy (non-hydrogen) atoms. The quantitative estimate of drug-likeness (QED) is 0.748. The second-order valence-corrected chi connectivity index (χ2v) is 7.05. The second kappa shape index (κ2) is 7.69. The second-order valence-electron chi connectivity index (χ2n) is 5.94. The van der Waals surface area contributed by atoms with Crippen LogP contribution in [0.1, 0.15) is 50.5 Å². The van der Waals surface area contributed by atoms with Gasteiger partial charge in [0.15, 0.2) is 0 Å². The van der Waals surface area contributed by atoms with Gasteiger partial charge in [0.25, 0.3) is 5.91 Å². The number of thiophene rings is 1. The lowest BCUT2D eigenvalue weighted by molar-refractivity contribution is -0.137. The highest BCUT2D eigenvalue weighted by atomic mass is 32.1. The minimum Gasteiger partial charge on any atom is -0.481 e. The van der Waals surface area contributed by atoms with Crippen LogP contribution in [0.4, 0.5) is 5.00 Å². The van der Waals surface area contributed by atoms with Crippen molar-refractivity contribution in [3.63, 3.8) is 0 Å². The number of esters is 1. The average Bonchev–Trinajstić information content (AvgIpc) is 3.23. The van der Waals surface area contributed by atoms with E-state index in [-0.39, 0.29) is 18.7 Å². The molecule has 2 aromatic rings. The van der Waals surface area contributed by atoms with Crippen molar-refractivity contribution in [1.29, 1.82) is 0 Å². The molecule has 3 rings (SSSR count). The van der Waals surface area contributed by atoms with Gasteiger partial charge in [0.2, 0.25) is 0 Å². The van der Waals surface area contributed by atoms with Crippen LogP contribution in [-0.2, 0) is 28.9 Å². The van der Waals surface area contributed by atoms with Crippen LogP contribution in [0.25, 0.3) is 0 Å². The number of aryl methyl sites for hydroxylation is 2. The third-order valence-electron chi connectivity index (χ3n) is 4.27. The third-order valence-corrected chi connectivity index (χ3v) is 5.48. The minimum atomic E-state index is -0.967. The van der Waals surface area contributed by atoms with E-state index >= 15 is 0 Å². The molecule has 0 saturated heterocycles. The summed E-state index contributed by atoms with van der Waals surface area (Å²) in [5.74, 6) is -1.86. The number of amides is 1. The SMILES string of the molecule is COC(=O)c1c(NC(=O)c2ccnn2CCC(=O)O)sc2c1CCCC2. The molecule has 1 aliphatic carbocycles. The lowest BCUT2D eigenvalue weighted by Gasteiger charge is -2.12. The largest absolute Gasteiger partial charge is 0.481 e. The molecule has 0 fully saturated rings. The molecular formula is C17H19N3O5S. The number of carboxylic acid groups (broad SMARTS) is 1. The number of methoxy groups -OCH3 is 1. The first-order valence-corrected chi connectivity index (χ1v) is 9.10. The number of carboxylic acids is 1. The van der Waals surface area contributed by atoms with E-state index in [1.165, 1.54) is 35.4 Å². The fraction of sp³-hybridized carbons (Fsp3) is 0.412. The van der Waals surface area contributed by atoms with Crippen molar-refractivity contribution in [2.24, 2.45) is 0 Å². The maximum Gasteiger partial charge on any atom is 0.341 e. The van der Waals surface area contributed by atoms with Crippen molar-refractivity contribution >= 4 is 34.2 Å². The summed E-state index contributed by atoms with van der Waals surface area (Å²) in [6.45, 7) is 0.0931. The number of fused-ring (bicyclic) bond motifs is 1. The van der Waals surface area contributed by atoms with Crippen molar-refractivity contribution in [3.8, 4) is 0 Å². The summed E-state index contributed by atoms with van der Waals surface area (Å²) in [6, 6.07) is 1.52. The first kappa shape index (κ1) is 18.1. The van der Waals surface area contributed by atoms with E-state index in [9.17, 15) is 14.4 Å². The lowest BCUT2D eigenvalue weighted by atomic mass is 9.95. The number of carbonyl (C=O) groups is 3. The van der Waals surface area contributed by atoms with Gasteiger partial charge in [-0.3, -0.25) is 14.3 Å². The molecule has 9 heteroatoms. The van der Waals surface area contributed by atoms with E-state index in [0.29, 0.717) is 10.6 Å². The zero-order valence-electron chi connectivity index (χ0n) is 14.3. The van der Waals surface area contributed by atoms with Crippen LogP contribution in [0.5, 0.6) is 0 Å². The van der Waals surface area contributed by atoms with Crippen LogP contribution in [0.15, 0.2) is 12.3 Å². The first-order chi connectivity index (χ1) is 12.5. The molecule has 1 amide bonds. The van der Waals surface area contributed by atoms with E-state index in [1.807, 2.05) is 0 Å². The Bertz CT molecular complexity index is 855. The van der Waals surface area contributed by atoms with E-state index in [0.717, 1.165) is 36.1 Å². The zero-order valence-corrected chi connectivity index (χ0v) is 15.1. The van der Waals surface area contributed by atoms with Gasteiger partial charge in [-0.1, -0.05) is 0 Å². The number of aromatic nitrogens is 2. The van der Waals surface area contributed by atoms with E-state index < -0.39 is 17.8 Å². The number of aliphatic carboxylic acids is 1. The molecule has 2 N–H and O–H groups in total. The Morgan fingerprint density at radius 2 is 2.12 bits per heavy atom. The molecule has 2 aromatic heterocycles. The highest BCUT2D eigenvalue weighted by Gasteiger charge is 2.27. The first-order valence-electron chi connectivity index (χ1n) is 8.29. The monoisotopic (exact) mass is 377 g/mol. The number of hydrogen-bond donors (Lipinski definition) is 2. The molecule has 0 radical (unpaired) electrons. The number of nitrogens with one attached hydrogen (secondary N) is 1. The summed E-state index contributed by atoms with van der Waals surface area (Å²) in [5.41, 5.74) is 1.63. The number of anilines is 1. The van der Waals surface area contributed by atoms with Gasteiger partial charge in [-0.15, -0.1) is 11.3 Å². The Balaban J connectivity index is 1.86. The lowest BCUT2D eigenvalue weighted by Crippen LogP contribution is -2.20. The summed E-state index contributed by atoms with van der Waals surface area (Å²) >= 11 is 1.40. The standard InChI is InChI=1S/C17H19N3O5S/c1-25-17(24)14-10-4-2-3-5-12(10)26-16(14)19-15(23)11-6-8-18-20(11)9-7-13(21)22/h6,8H,2-5,7,9H2,1H3,(H,19,23)(H,21,22). The van der Waals surface area contributed by atoms with Crippen molar-refractivity contribution in [1.82, 2.24) is 9.78 Å². The van der Waals surface area contributed by atoms with Crippen molar-refractivity contribution < 1.29 is 24.2 Å². The number of ether oxygens (including phenoxy) is 1. The van der Waals surface area contributed by atoms with Gasteiger partial charge >= 0.3 is 11.9 Å². The molecule has 8 nitrogen and oxygen atoms in total. The van der Waals surface area contributed by atoms with Crippen LogP contribution >= 0.6 is 11.3 Å². The van der Waals surface area contributed by atoms with Crippen LogP contribution in [0.3, 0.4) is 0 Å². The topological polar surface area (TPSA) is 111 Å². The van der Waals surface area contributed by atoms with Crippen molar-refractivity contribution in [2.75, 3.05) is 12.4 Å². The number of hydrogen-bond acceptors (Lipinski definition) is 6. The molecule has 0 spiro atoms. The van der Waals surface area contributed by atoms with Gasteiger partial charge in [0.1, 0.15) is 10.7 Å². The normalized spacial score (nSPS) is 13.1. The van der Waals surface area contributed by atoms with E-state index in [1.54, 1.807) is 0 Å². The van der Waals surface area contributed by atoms with Gasteiger partial charge in [-0.25, -0.2) is 4.79 Å². The van der Waals surface area contributed by atoms with Crippen LogP contribution in [-0.4, -0.2) is 39.8 Å². The molecule has 1 aliphatic rings. The molecular weight excluding hydrogens is 358 g/mol. The summed E-state index contributed by atoms with van der Waals surface area (Å²) in [4.78, 5) is 36.7. The number of rotatable bonds is 6. The van der Waals surface area contributed by atoms with Gasteiger partial charge in [-0.05, 0) is 37.3 Å². The van der Waals surface area contributed by atoms with Gasteiger partial charge < -0.3 is 15.2 Å². The highest BCUT2D eigenvalue weighted by Crippen LogP contribution is 2.38. The molecule has 0 bridgehead atoms. The molecule has 0 aliphatic heterocycles. The third kappa shape index (κ3) is 3.62.